The van der Waals surface area contributed by atoms with Gasteiger partial charge in [0.25, 0.3) is 0 Å². The van der Waals surface area contributed by atoms with E-state index in [1.807, 2.05) is 30.3 Å². The average Bonchev–Trinajstić information content (AvgIpc) is 2.15. The molecule has 0 saturated carbocycles. The molecule has 1 rings (SSSR count). The van der Waals surface area contributed by atoms with E-state index >= 15 is 0 Å². The summed E-state index contributed by atoms with van der Waals surface area (Å²) in [7, 11) is 0. The Morgan fingerprint density at radius 2 is 2.00 bits per heavy atom. The summed E-state index contributed by atoms with van der Waals surface area (Å²) in [4.78, 5) is 0. The van der Waals surface area contributed by atoms with Gasteiger partial charge in [-0.05, 0) is 17.7 Å². The lowest BCUT2D eigenvalue weighted by Crippen LogP contribution is -1.99. The van der Waals surface area contributed by atoms with Gasteiger partial charge >= 0.3 is 0 Å². The van der Waals surface area contributed by atoms with Gasteiger partial charge in [-0.2, -0.15) is 0 Å². The van der Waals surface area contributed by atoms with Crippen LogP contribution in [-0.2, 0) is 6.54 Å². The summed E-state index contributed by atoms with van der Waals surface area (Å²) >= 11 is 0. The van der Waals surface area contributed by atoms with Gasteiger partial charge < -0.3 is 11.1 Å². The molecule has 0 amide bonds. The summed E-state index contributed by atoms with van der Waals surface area (Å²) in [5.74, 6) is 0. The fourth-order valence-electron chi connectivity index (χ4n) is 0.949. The molecule has 0 radical (unpaired) electrons. The molecule has 1 aromatic carbocycles. The molecule has 0 saturated heterocycles. The van der Waals surface area contributed by atoms with Crippen molar-refractivity contribution >= 4 is 5.69 Å². The average molecular weight is 162 g/mol. The van der Waals surface area contributed by atoms with Crippen molar-refractivity contribution in [1.82, 2.24) is 0 Å². The first kappa shape index (κ1) is 8.81. The maximum atomic E-state index is 5.46. The van der Waals surface area contributed by atoms with Crippen molar-refractivity contribution in [3.63, 3.8) is 0 Å². The first-order chi connectivity index (χ1) is 5.86. The van der Waals surface area contributed by atoms with Crippen molar-refractivity contribution < 1.29 is 0 Å². The van der Waals surface area contributed by atoms with Crippen LogP contribution in [0.3, 0.4) is 0 Å². The Hall–Kier alpha value is -1.28. The minimum Gasteiger partial charge on any atom is -0.382 e. The topological polar surface area (TPSA) is 38.0 Å². The fraction of sp³-hybridized carbons (Fsp3) is 0.200. The Morgan fingerprint density at radius 1 is 1.33 bits per heavy atom. The maximum Gasteiger partial charge on any atom is 0.0342 e. The Balaban J connectivity index is 2.58. The molecule has 0 aliphatic heterocycles. The van der Waals surface area contributed by atoms with Crippen molar-refractivity contribution in [3.8, 4) is 0 Å². The van der Waals surface area contributed by atoms with Crippen LogP contribution in [0.25, 0.3) is 0 Å². The van der Waals surface area contributed by atoms with E-state index in [-0.39, 0.29) is 0 Å². The second-order valence-corrected chi connectivity index (χ2v) is 2.57. The van der Waals surface area contributed by atoms with Crippen molar-refractivity contribution in [2.75, 3.05) is 11.9 Å². The maximum absolute atomic E-state index is 5.46. The highest BCUT2D eigenvalue weighted by atomic mass is 14.8. The van der Waals surface area contributed by atoms with Gasteiger partial charge in [0.2, 0.25) is 0 Å². The number of hydrogen-bond donors (Lipinski definition) is 2. The van der Waals surface area contributed by atoms with Gasteiger partial charge in [0.15, 0.2) is 0 Å². The molecule has 0 unspecified atom stereocenters. The van der Waals surface area contributed by atoms with E-state index < -0.39 is 0 Å². The number of anilines is 1. The largest absolute Gasteiger partial charge is 0.382 e. The van der Waals surface area contributed by atoms with Crippen LogP contribution >= 0.6 is 0 Å². The number of hydrogen-bond acceptors (Lipinski definition) is 2. The molecule has 0 fully saturated rings. The molecule has 3 N–H and O–H groups in total. The van der Waals surface area contributed by atoms with E-state index in [2.05, 4.69) is 11.9 Å². The summed E-state index contributed by atoms with van der Waals surface area (Å²) in [5.41, 5.74) is 7.72. The first-order valence-corrected chi connectivity index (χ1v) is 4.00. The minimum atomic E-state index is 0.599. The van der Waals surface area contributed by atoms with Crippen LogP contribution in [-0.4, -0.2) is 6.54 Å². The molecule has 0 heterocycles. The Kier molecular flexibility index (Phi) is 3.35. The number of nitrogens with two attached hydrogens (primary N) is 1. The molecule has 0 aliphatic rings. The van der Waals surface area contributed by atoms with Gasteiger partial charge in [0.1, 0.15) is 0 Å². The molecule has 0 spiro atoms. The van der Waals surface area contributed by atoms with Gasteiger partial charge in [-0.25, -0.2) is 0 Å². The molecule has 2 heteroatoms. The molecule has 1 aromatic rings. The SMILES string of the molecule is C=CCNc1ccc(CN)cc1. The van der Waals surface area contributed by atoms with E-state index in [0.29, 0.717) is 6.54 Å². The standard InChI is InChI=1S/C10H14N2/c1-2-7-12-10-5-3-9(8-11)4-6-10/h2-6,12H,1,7-8,11H2. The monoisotopic (exact) mass is 162 g/mol. The van der Waals surface area contributed by atoms with E-state index in [1.165, 1.54) is 0 Å². The smallest absolute Gasteiger partial charge is 0.0342 e. The Labute approximate surface area is 73.1 Å². The number of rotatable bonds is 4. The van der Waals surface area contributed by atoms with Crippen molar-refractivity contribution in [2.24, 2.45) is 5.73 Å². The summed E-state index contributed by atoms with van der Waals surface area (Å²) < 4.78 is 0. The number of nitrogens with one attached hydrogen (secondary N) is 1. The van der Waals surface area contributed by atoms with Crippen LogP contribution in [0, 0.1) is 0 Å². The van der Waals surface area contributed by atoms with Crippen LogP contribution in [0.15, 0.2) is 36.9 Å². The molecular weight excluding hydrogens is 148 g/mol. The molecule has 0 aromatic heterocycles. The van der Waals surface area contributed by atoms with Gasteiger partial charge in [-0.3, -0.25) is 0 Å². The van der Waals surface area contributed by atoms with Crippen LogP contribution in [0.4, 0.5) is 5.69 Å². The quantitative estimate of drug-likeness (QED) is 0.662. The molecule has 64 valence electrons. The van der Waals surface area contributed by atoms with Gasteiger partial charge in [0.05, 0.1) is 0 Å². The lowest BCUT2D eigenvalue weighted by Gasteiger charge is -2.03. The number of benzene rings is 1. The lowest BCUT2D eigenvalue weighted by atomic mass is 10.2. The predicted octanol–water partition coefficient (Wildman–Crippen LogP) is 1.74. The zero-order valence-electron chi connectivity index (χ0n) is 7.09. The van der Waals surface area contributed by atoms with E-state index in [1.54, 1.807) is 0 Å². The molecular formula is C10H14N2. The van der Waals surface area contributed by atoms with E-state index in [4.69, 9.17) is 5.73 Å². The molecule has 0 atom stereocenters. The second kappa shape index (κ2) is 4.57. The minimum absolute atomic E-state index is 0.599. The van der Waals surface area contributed by atoms with Crippen LogP contribution < -0.4 is 11.1 Å². The highest BCUT2D eigenvalue weighted by Crippen LogP contribution is 2.08. The second-order valence-electron chi connectivity index (χ2n) is 2.57. The van der Waals surface area contributed by atoms with Gasteiger partial charge in [-0.15, -0.1) is 6.58 Å². The van der Waals surface area contributed by atoms with Crippen LogP contribution in [0.1, 0.15) is 5.56 Å². The zero-order valence-corrected chi connectivity index (χ0v) is 7.09. The Morgan fingerprint density at radius 3 is 2.50 bits per heavy atom. The van der Waals surface area contributed by atoms with Crippen molar-refractivity contribution in [2.45, 2.75) is 6.54 Å². The van der Waals surface area contributed by atoms with Gasteiger partial charge in [0, 0.05) is 18.8 Å². The molecule has 12 heavy (non-hydrogen) atoms. The fourth-order valence-corrected chi connectivity index (χ4v) is 0.949. The molecule has 0 aliphatic carbocycles. The normalized spacial score (nSPS) is 9.42. The Bertz CT molecular complexity index is 239. The van der Waals surface area contributed by atoms with E-state index in [0.717, 1.165) is 17.8 Å². The molecule has 0 bridgehead atoms. The third kappa shape index (κ3) is 2.40. The highest BCUT2D eigenvalue weighted by Gasteiger charge is 1.89. The third-order valence-corrected chi connectivity index (χ3v) is 1.64. The zero-order chi connectivity index (χ0) is 8.81. The van der Waals surface area contributed by atoms with E-state index in [9.17, 15) is 0 Å². The summed E-state index contributed by atoms with van der Waals surface area (Å²) in [5, 5.41) is 3.19. The summed E-state index contributed by atoms with van der Waals surface area (Å²) in [6.07, 6.45) is 1.83. The van der Waals surface area contributed by atoms with Crippen molar-refractivity contribution in [1.29, 1.82) is 0 Å². The van der Waals surface area contributed by atoms with Crippen molar-refractivity contribution in [3.05, 3.63) is 42.5 Å². The molecule has 2 nitrogen and oxygen atoms in total. The van der Waals surface area contributed by atoms with Gasteiger partial charge in [-0.1, -0.05) is 18.2 Å². The third-order valence-electron chi connectivity index (χ3n) is 1.64. The first-order valence-electron chi connectivity index (χ1n) is 4.00. The summed E-state index contributed by atoms with van der Waals surface area (Å²) in [6.45, 7) is 5.02. The lowest BCUT2D eigenvalue weighted by molar-refractivity contribution is 1.07. The predicted molar refractivity (Wildman–Crippen MR) is 53.0 cm³/mol. The van der Waals surface area contributed by atoms with Crippen LogP contribution in [0.5, 0.6) is 0 Å². The van der Waals surface area contributed by atoms with Crippen LogP contribution in [0.2, 0.25) is 0 Å². The summed E-state index contributed by atoms with van der Waals surface area (Å²) in [6, 6.07) is 8.08. The highest BCUT2D eigenvalue weighted by molar-refractivity contribution is 5.44.